The number of nitrogens with zero attached hydrogens (tertiary/aromatic N) is 1. The molecule has 0 saturated carbocycles. The van der Waals surface area contributed by atoms with Crippen LogP contribution < -0.4 is 10.2 Å². The van der Waals surface area contributed by atoms with Crippen molar-refractivity contribution in [3.05, 3.63) is 12.2 Å². The van der Waals surface area contributed by atoms with Gasteiger partial charge in [0.25, 0.3) is 7.82 Å². The van der Waals surface area contributed by atoms with Gasteiger partial charge in [0.15, 0.2) is 0 Å². The lowest BCUT2D eigenvalue weighted by Crippen LogP contribution is -2.45. The monoisotopic (exact) mass is 689 g/mol. The van der Waals surface area contributed by atoms with Crippen LogP contribution in [0.4, 0.5) is 0 Å². The molecule has 47 heavy (non-hydrogen) atoms. The Labute approximate surface area is 291 Å². The molecule has 0 fully saturated rings. The largest absolute Gasteiger partial charge is 0.756 e. The number of phosphoric acid groups is 1. The molecule has 8 nitrogen and oxygen atoms in total. The van der Waals surface area contributed by atoms with Gasteiger partial charge in [0.2, 0.25) is 5.91 Å². The quantitative estimate of drug-likeness (QED) is 0.0297. The van der Waals surface area contributed by atoms with Gasteiger partial charge in [0.1, 0.15) is 13.2 Å². The first-order valence-electron chi connectivity index (χ1n) is 19.6. The van der Waals surface area contributed by atoms with Crippen molar-refractivity contribution in [2.75, 3.05) is 40.9 Å². The molecular formula is C38H77N2O6P. The minimum atomic E-state index is -4.56. The number of aliphatic hydroxyl groups excluding tert-OH is 1. The summed E-state index contributed by atoms with van der Waals surface area (Å²) in [6.45, 7) is 4.51. The Kier molecular flexibility index (Phi) is 30.7. The predicted molar refractivity (Wildman–Crippen MR) is 196 cm³/mol. The molecule has 0 heterocycles. The summed E-state index contributed by atoms with van der Waals surface area (Å²) in [7, 11) is 1.26. The highest BCUT2D eigenvalue weighted by Crippen LogP contribution is 2.38. The van der Waals surface area contributed by atoms with Crippen LogP contribution in [0.15, 0.2) is 12.2 Å². The van der Waals surface area contributed by atoms with Gasteiger partial charge in [-0.3, -0.25) is 9.36 Å². The molecular weight excluding hydrogens is 611 g/mol. The van der Waals surface area contributed by atoms with Crippen molar-refractivity contribution < 1.29 is 32.9 Å². The maximum Gasteiger partial charge on any atom is 0.268 e. The molecule has 0 aliphatic heterocycles. The molecule has 0 radical (unpaired) electrons. The number of rotatable bonds is 35. The second-order valence-electron chi connectivity index (χ2n) is 14.6. The number of allylic oxidation sites excluding steroid dienone is 1. The van der Waals surface area contributed by atoms with E-state index < -0.39 is 20.0 Å². The van der Waals surface area contributed by atoms with Crippen LogP contribution in [0.25, 0.3) is 0 Å². The van der Waals surface area contributed by atoms with Crippen LogP contribution >= 0.6 is 7.82 Å². The summed E-state index contributed by atoms with van der Waals surface area (Å²) in [5, 5.41) is 13.6. The van der Waals surface area contributed by atoms with E-state index in [1.165, 1.54) is 109 Å². The van der Waals surface area contributed by atoms with Crippen molar-refractivity contribution in [3.8, 4) is 0 Å². The van der Waals surface area contributed by atoms with E-state index in [9.17, 15) is 19.4 Å². The maximum absolute atomic E-state index is 12.5. The number of quaternary nitrogens is 1. The SMILES string of the molecule is CCCCCCCCCCCCCCCCCCCCC/C=C/C(O)C(COP(=O)([O-])OCC[N+](C)(C)C)NC(=O)CCCCCC. The normalized spacial score (nSPS) is 14.8. The van der Waals surface area contributed by atoms with Crippen LogP contribution in [0, 0.1) is 0 Å². The molecule has 0 spiro atoms. The van der Waals surface area contributed by atoms with Gasteiger partial charge in [-0.2, -0.15) is 0 Å². The fourth-order valence-corrected chi connectivity index (χ4v) is 6.29. The number of aliphatic hydroxyl groups is 1. The van der Waals surface area contributed by atoms with Crippen LogP contribution in [0.2, 0.25) is 0 Å². The summed E-state index contributed by atoms with van der Waals surface area (Å²) in [6, 6.07) is -0.876. The third kappa shape index (κ3) is 33.5. The molecule has 9 heteroatoms. The summed E-state index contributed by atoms with van der Waals surface area (Å²) >= 11 is 0. The third-order valence-corrected chi connectivity index (χ3v) is 9.71. The topological polar surface area (TPSA) is 108 Å². The fraction of sp³-hybridized carbons (Fsp3) is 0.921. The van der Waals surface area contributed by atoms with E-state index in [4.69, 9.17) is 9.05 Å². The van der Waals surface area contributed by atoms with Crippen LogP contribution in [-0.2, 0) is 18.4 Å². The Morgan fingerprint density at radius 2 is 1.15 bits per heavy atom. The zero-order valence-electron chi connectivity index (χ0n) is 31.5. The third-order valence-electron chi connectivity index (χ3n) is 8.75. The minimum absolute atomic E-state index is 0.000624. The van der Waals surface area contributed by atoms with Gasteiger partial charge in [0, 0.05) is 6.42 Å². The lowest BCUT2D eigenvalue weighted by Gasteiger charge is -2.29. The van der Waals surface area contributed by atoms with Gasteiger partial charge in [0.05, 0.1) is 39.9 Å². The van der Waals surface area contributed by atoms with Crippen LogP contribution in [0.5, 0.6) is 0 Å². The molecule has 0 bridgehead atoms. The molecule has 3 unspecified atom stereocenters. The van der Waals surface area contributed by atoms with E-state index in [1.807, 2.05) is 27.2 Å². The zero-order valence-corrected chi connectivity index (χ0v) is 32.4. The fourth-order valence-electron chi connectivity index (χ4n) is 5.56. The Bertz CT molecular complexity index is 789. The van der Waals surface area contributed by atoms with Gasteiger partial charge in [-0.15, -0.1) is 0 Å². The maximum atomic E-state index is 12.5. The number of phosphoric ester groups is 1. The van der Waals surface area contributed by atoms with Gasteiger partial charge < -0.3 is 28.8 Å². The number of unbranched alkanes of at least 4 members (excludes halogenated alkanes) is 22. The van der Waals surface area contributed by atoms with E-state index >= 15 is 0 Å². The molecule has 3 atom stereocenters. The Balaban J connectivity index is 4.16. The summed E-state index contributed by atoms with van der Waals surface area (Å²) in [4.78, 5) is 24.8. The summed E-state index contributed by atoms with van der Waals surface area (Å²) < 4.78 is 22.9. The zero-order chi connectivity index (χ0) is 35.1. The van der Waals surface area contributed by atoms with E-state index in [1.54, 1.807) is 6.08 Å². The number of hydrogen-bond donors (Lipinski definition) is 2. The first-order valence-corrected chi connectivity index (χ1v) is 21.0. The first kappa shape index (κ1) is 46.2. The van der Waals surface area contributed by atoms with E-state index in [2.05, 4.69) is 19.2 Å². The molecule has 280 valence electrons. The van der Waals surface area contributed by atoms with Gasteiger partial charge in [-0.1, -0.05) is 161 Å². The first-order chi connectivity index (χ1) is 22.5. The Morgan fingerprint density at radius 3 is 1.60 bits per heavy atom. The molecule has 0 aliphatic rings. The highest BCUT2D eigenvalue weighted by atomic mass is 31.2. The van der Waals surface area contributed by atoms with E-state index in [0.717, 1.165) is 44.9 Å². The van der Waals surface area contributed by atoms with Gasteiger partial charge in [-0.25, -0.2) is 0 Å². The molecule has 2 N–H and O–H groups in total. The molecule has 0 aromatic heterocycles. The number of nitrogens with one attached hydrogen (secondary N) is 1. The van der Waals surface area contributed by atoms with Gasteiger partial charge in [-0.05, 0) is 19.3 Å². The Morgan fingerprint density at radius 1 is 0.723 bits per heavy atom. The van der Waals surface area contributed by atoms with Crippen LogP contribution in [-0.4, -0.2) is 68.5 Å². The standard InChI is InChI=1S/C38H77N2O6P/c1-6-8-10-12-13-14-15-16-17-18-19-20-21-22-23-24-25-26-27-28-29-31-37(41)36(39-38(42)32-30-11-9-7-2)35-46-47(43,44)45-34-33-40(3,4)5/h29,31,36-37,41H,6-28,30,32-35H2,1-5H3,(H-,39,42,43,44)/b31-29+. The van der Waals surface area contributed by atoms with Crippen molar-refractivity contribution in [1.29, 1.82) is 0 Å². The molecule has 0 saturated heterocycles. The minimum Gasteiger partial charge on any atom is -0.756 e. The Hall–Kier alpha value is -0.760. The highest BCUT2D eigenvalue weighted by Gasteiger charge is 2.23. The second kappa shape index (κ2) is 31.2. The van der Waals surface area contributed by atoms with Crippen molar-refractivity contribution in [1.82, 2.24) is 5.32 Å². The highest BCUT2D eigenvalue weighted by molar-refractivity contribution is 7.45. The number of likely N-dealkylation sites (N-methyl/N-ethyl adjacent to an activating group) is 1. The average molecular weight is 689 g/mol. The smallest absolute Gasteiger partial charge is 0.268 e. The molecule has 1 amide bonds. The lowest BCUT2D eigenvalue weighted by atomic mass is 10.0. The molecule has 0 rings (SSSR count). The molecule has 0 aliphatic carbocycles. The number of hydrogen-bond acceptors (Lipinski definition) is 6. The van der Waals surface area contributed by atoms with Crippen molar-refractivity contribution in [2.24, 2.45) is 0 Å². The lowest BCUT2D eigenvalue weighted by molar-refractivity contribution is -0.870. The average Bonchev–Trinajstić information content (AvgIpc) is 3.01. The number of carbonyl (C=O) groups is 1. The summed E-state index contributed by atoms with van der Waals surface area (Å²) in [5.74, 6) is -0.215. The van der Waals surface area contributed by atoms with E-state index in [0.29, 0.717) is 17.4 Å². The second-order valence-corrected chi connectivity index (χ2v) is 16.1. The van der Waals surface area contributed by atoms with Crippen molar-refractivity contribution in [3.63, 3.8) is 0 Å². The number of amides is 1. The number of carbonyl (C=O) groups excluding carboxylic acids is 1. The molecule has 0 aromatic carbocycles. The summed E-state index contributed by atoms with van der Waals surface area (Å²) in [5.41, 5.74) is 0. The predicted octanol–water partition coefficient (Wildman–Crippen LogP) is 9.39. The van der Waals surface area contributed by atoms with Crippen molar-refractivity contribution >= 4 is 13.7 Å². The van der Waals surface area contributed by atoms with Gasteiger partial charge >= 0.3 is 0 Å². The van der Waals surface area contributed by atoms with Crippen LogP contribution in [0.1, 0.15) is 174 Å². The molecule has 0 aromatic rings. The van der Waals surface area contributed by atoms with E-state index in [-0.39, 0.29) is 19.1 Å². The van der Waals surface area contributed by atoms with Crippen LogP contribution in [0.3, 0.4) is 0 Å². The van der Waals surface area contributed by atoms with Crippen molar-refractivity contribution in [2.45, 2.75) is 187 Å². The summed E-state index contributed by atoms with van der Waals surface area (Å²) in [6.07, 6.45) is 33.2.